The lowest BCUT2D eigenvalue weighted by Gasteiger charge is -2.13. The number of para-hydroxylation sites is 1. The topological polar surface area (TPSA) is 64.0 Å². The van der Waals surface area contributed by atoms with Crippen molar-refractivity contribution < 1.29 is 4.79 Å². The molecule has 4 rings (SSSR count). The molecule has 0 aliphatic rings. The normalized spacial score (nSPS) is 11.1. The number of benzene rings is 2. The second-order valence-corrected chi connectivity index (χ2v) is 9.73. The predicted molar refractivity (Wildman–Crippen MR) is 135 cm³/mol. The first-order valence-electron chi connectivity index (χ1n) is 10.5. The van der Waals surface area contributed by atoms with Crippen molar-refractivity contribution in [3.8, 4) is 5.69 Å². The van der Waals surface area contributed by atoms with Crippen molar-refractivity contribution in [1.29, 1.82) is 0 Å². The van der Waals surface area contributed by atoms with Crippen LogP contribution in [0.3, 0.4) is 0 Å². The summed E-state index contributed by atoms with van der Waals surface area (Å²) in [6.45, 7) is 8.04. The molecule has 1 N–H and O–H groups in total. The maximum absolute atomic E-state index is 13.6. The van der Waals surface area contributed by atoms with E-state index in [2.05, 4.69) is 12.2 Å². The summed E-state index contributed by atoms with van der Waals surface area (Å²) in [6.07, 6.45) is 0.859. The number of anilines is 1. The fourth-order valence-electron chi connectivity index (χ4n) is 3.60. The minimum absolute atomic E-state index is 0.0888. The highest BCUT2D eigenvalue weighted by Gasteiger charge is 2.19. The number of thioether (sulfide) groups is 1. The third-order valence-electron chi connectivity index (χ3n) is 5.40. The van der Waals surface area contributed by atoms with Crippen molar-refractivity contribution in [1.82, 2.24) is 9.55 Å². The van der Waals surface area contributed by atoms with E-state index in [0.29, 0.717) is 10.5 Å². The quantitative estimate of drug-likeness (QED) is 0.296. The number of nitrogens with one attached hydrogen (secondary N) is 1. The summed E-state index contributed by atoms with van der Waals surface area (Å²) in [5.74, 6) is 0.0223. The first kappa shape index (κ1) is 22.3. The molecule has 0 saturated carbocycles. The highest BCUT2D eigenvalue weighted by atomic mass is 32.2. The van der Waals surface area contributed by atoms with E-state index < -0.39 is 0 Å². The van der Waals surface area contributed by atoms with Gasteiger partial charge in [0.25, 0.3) is 5.56 Å². The Hall–Kier alpha value is -2.90. The minimum atomic E-state index is -0.134. The van der Waals surface area contributed by atoms with Gasteiger partial charge < -0.3 is 5.32 Å². The van der Waals surface area contributed by atoms with Crippen LogP contribution in [0.25, 0.3) is 15.9 Å². The molecule has 7 heteroatoms. The number of nitrogens with zero attached hydrogens (tertiary/aromatic N) is 2. The number of aromatic nitrogens is 2. The molecule has 0 saturated heterocycles. The molecular weight excluding hydrogens is 438 g/mol. The maximum Gasteiger partial charge on any atom is 0.267 e. The molecule has 32 heavy (non-hydrogen) atoms. The number of carbonyl (C=O) groups is 1. The van der Waals surface area contributed by atoms with Crippen LogP contribution in [0.15, 0.2) is 58.5 Å². The number of thiophene rings is 1. The molecule has 2 heterocycles. The van der Waals surface area contributed by atoms with Crippen LogP contribution < -0.4 is 10.9 Å². The van der Waals surface area contributed by atoms with Crippen LogP contribution >= 0.6 is 23.1 Å². The van der Waals surface area contributed by atoms with Gasteiger partial charge in [-0.25, -0.2) is 4.98 Å². The number of aryl methyl sites for hydroxylation is 4. The van der Waals surface area contributed by atoms with Gasteiger partial charge in [-0.3, -0.25) is 14.2 Å². The van der Waals surface area contributed by atoms with E-state index >= 15 is 0 Å². The van der Waals surface area contributed by atoms with Crippen molar-refractivity contribution >= 4 is 44.9 Å². The third-order valence-corrected chi connectivity index (χ3v) is 7.67. The fraction of sp³-hybridized carbons (Fsp3) is 0.240. The maximum atomic E-state index is 13.6. The van der Waals surface area contributed by atoms with Gasteiger partial charge in [-0.1, -0.05) is 54.6 Å². The smallest absolute Gasteiger partial charge is 0.267 e. The zero-order chi connectivity index (χ0) is 22.8. The van der Waals surface area contributed by atoms with Crippen molar-refractivity contribution in [3.05, 3.63) is 80.5 Å². The van der Waals surface area contributed by atoms with E-state index in [1.807, 2.05) is 69.3 Å². The van der Waals surface area contributed by atoms with Gasteiger partial charge >= 0.3 is 0 Å². The summed E-state index contributed by atoms with van der Waals surface area (Å²) < 4.78 is 1.63. The highest BCUT2D eigenvalue weighted by molar-refractivity contribution is 7.99. The highest BCUT2D eigenvalue weighted by Crippen LogP contribution is 2.30. The molecule has 0 aliphatic heterocycles. The zero-order valence-electron chi connectivity index (χ0n) is 18.6. The van der Waals surface area contributed by atoms with E-state index in [0.717, 1.165) is 39.3 Å². The summed E-state index contributed by atoms with van der Waals surface area (Å²) in [4.78, 5) is 32.9. The van der Waals surface area contributed by atoms with E-state index in [9.17, 15) is 9.59 Å². The van der Waals surface area contributed by atoms with E-state index in [4.69, 9.17) is 4.98 Å². The molecule has 5 nitrogen and oxygen atoms in total. The van der Waals surface area contributed by atoms with Crippen molar-refractivity contribution in [2.24, 2.45) is 0 Å². The van der Waals surface area contributed by atoms with E-state index in [-0.39, 0.29) is 17.2 Å². The fourth-order valence-corrected chi connectivity index (χ4v) is 5.57. The molecule has 0 fully saturated rings. The molecule has 0 radical (unpaired) electrons. The SMILES string of the molecule is CCc1sc2nc(SCC(=O)Nc3ccccc3C)n(-c3ccc(C)cc3)c(=O)c2c1C. The number of amides is 1. The molecule has 2 aromatic carbocycles. The van der Waals surface area contributed by atoms with Gasteiger partial charge in [-0.05, 0) is 56.5 Å². The van der Waals surface area contributed by atoms with Gasteiger partial charge in [-0.15, -0.1) is 11.3 Å². The zero-order valence-corrected chi connectivity index (χ0v) is 20.2. The first-order valence-corrected chi connectivity index (χ1v) is 12.3. The standard InChI is InChI=1S/C25H25N3O2S2/c1-5-20-17(4)22-23(32-20)27-25(28(24(22)30)18-12-10-15(2)11-13-18)31-14-21(29)26-19-9-7-6-8-16(19)3/h6-13H,5,14H2,1-4H3,(H,26,29). The Morgan fingerprint density at radius 2 is 1.81 bits per heavy atom. The van der Waals surface area contributed by atoms with Crippen LogP contribution in [-0.4, -0.2) is 21.2 Å². The van der Waals surface area contributed by atoms with Crippen LogP contribution in [0.5, 0.6) is 0 Å². The van der Waals surface area contributed by atoms with E-state index in [1.54, 1.807) is 15.9 Å². The molecule has 1 amide bonds. The first-order chi connectivity index (χ1) is 15.4. The van der Waals surface area contributed by atoms with E-state index in [1.165, 1.54) is 16.6 Å². The summed E-state index contributed by atoms with van der Waals surface area (Å²) in [5.41, 5.74) is 4.57. The molecule has 164 valence electrons. The van der Waals surface area contributed by atoms with Crippen molar-refractivity contribution in [2.45, 2.75) is 39.3 Å². The lowest BCUT2D eigenvalue weighted by atomic mass is 10.2. The van der Waals surface area contributed by atoms with Crippen LogP contribution in [0.2, 0.25) is 0 Å². The minimum Gasteiger partial charge on any atom is -0.325 e. The monoisotopic (exact) mass is 463 g/mol. The molecule has 0 atom stereocenters. The second-order valence-electron chi connectivity index (χ2n) is 7.71. The Labute approximate surface area is 195 Å². The summed E-state index contributed by atoms with van der Waals surface area (Å²) in [7, 11) is 0. The largest absolute Gasteiger partial charge is 0.325 e. The van der Waals surface area contributed by atoms with Gasteiger partial charge in [0.2, 0.25) is 5.91 Å². The summed E-state index contributed by atoms with van der Waals surface area (Å²) in [5, 5.41) is 4.14. The Balaban J connectivity index is 1.73. The molecule has 0 bridgehead atoms. The summed E-state index contributed by atoms with van der Waals surface area (Å²) >= 11 is 2.84. The number of fused-ring (bicyclic) bond motifs is 1. The third kappa shape index (κ3) is 4.36. The Bertz CT molecular complexity index is 1350. The molecule has 0 unspecified atom stereocenters. The molecular formula is C25H25N3O2S2. The van der Waals surface area contributed by atoms with Gasteiger partial charge in [0.15, 0.2) is 5.16 Å². The molecule has 0 aliphatic carbocycles. The Morgan fingerprint density at radius 3 is 2.50 bits per heavy atom. The summed E-state index contributed by atoms with van der Waals surface area (Å²) in [6, 6.07) is 15.5. The lowest BCUT2D eigenvalue weighted by Crippen LogP contribution is -2.23. The van der Waals surface area contributed by atoms with Crippen LogP contribution in [0, 0.1) is 20.8 Å². The van der Waals surface area contributed by atoms with Gasteiger partial charge in [-0.2, -0.15) is 0 Å². The number of hydrogen-bond acceptors (Lipinski definition) is 5. The Morgan fingerprint density at radius 1 is 1.09 bits per heavy atom. The Kier molecular flexibility index (Phi) is 6.48. The lowest BCUT2D eigenvalue weighted by molar-refractivity contribution is -0.113. The number of carbonyl (C=O) groups excluding carboxylic acids is 1. The van der Waals surface area contributed by atoms with Crippen molar-refractivity contribution in [3.63, 3.8) is 0 Å². The van der Waals surface area contributed by atoms with Crippen LogP contribution in [0.4, 0.5) is 5.69 Å². The van der Waals surface area contributed by atoms with Crippen LogP contribution in [0.1, 0.15) is 28.5 Å². The number of hydrogen-bond donors (Lipinski definition) is 1. The van der Waals surface area contributed by atoms with Crippen LogP contribution in [-0.2, 0) is 11.2 Å². The second kappa shape index (κ2) is 9.30. The van der Waals surface area contributed by atoms with Gasteiger partial charge in [0.1, 0.15) is 4.83 Å². The number of rotatable bonds is 6. The van der Waals surface area contributed by atoms with Gasteiger partial charge in [0.05, 0.1) is 16.8 Å². The van der Waals surface area contributed by atoms with Crippen molar-refractivity contribution in [2.75, 3.05) is 11.1 Å². The molecule has 2 aromatic heterocycles. The predicted octanol–water partition coefficient (Wildman–Crippen LogP) is 5.67. The molecule has 0 spiro atoms. The average Bonchev–Trinajstić information content (AvgIpc) is 3.10. The molecule has 4 aromatic rings. The van der Waals surface area contributed by atoms with Gasteiger partial charge in [0, 0.05) is 10.6 Å². The average molecular weight is 464 g/mol.